The van der Waals surface area contributed by atoms with Crippen molar-refractivity contribution in [2.45, 2.75) is 52.1 Å². The molecule has 4 aromatic rings. The van der Waals surface area contributed by atoms with Crippen molar-refractivity contribution >= 4 is 22.0 Å². The number of aromatic nitrogens is 2. The first-order chi connectivity index (χ1) is 15.1. The number of phenolic OH excluding ortho intramolecular Hbond substituents is 1. The zero-order valence-corrected chi connectivity index (χ0v) is 17.9. The van der Waals surface area contributed by atoms with E-state index in [-0.39, 0.29) is 11.2 Å². The molecule has 0 aliphatic carbocycles. The fraction of sp³-hybridized carbons (Fsp3) is 0.360. The molecule has 1 saturated heterocycles. The molecule has 1 fully saturated rings. The van der Waals surface area contributed by atoms with Crippen molar-refractivity contribution in [1.82, 2.24) is 14.9 Å². The molecule has 31 heavy (non-hydrogen) atoms. The van der Waals surface area contributed by atoms with Crippen LogP contribution in [0.3, 0.4) is 0 Å². The summed E-state index contributed by atoms with van der Waals surface area (Å²) in [6.45, 7) is 5.76. The largest absolute Gasteiger partial charge is 0.507 e. The molecule has 1 aliphatic rings. The van der Waals surface area contributed by atoms with Crippen LogP contribution < -0.4 is 5.43 Å². The molecule has 0 spiro atoms. The third kappa shape index (κ3) is 3.41. The Morgan fingerprint density at radius 1 is 1.29 bits per heavy atom. The van der Waals surface area contributed by atoms with Crippen molar-refractivity contribution < 1.29 is 9.52 Å². The molecule has 1 aliphatic heterocycles. The van der Waals surface area contributed by atoms with Gasteiger partial charge in [0, 0.05) is 12.6 Å². The Labute approximate surface area is 180 Å². The Morgan fingerprint density at radius 2 is 2.13 bits per heavy atom. The number of para-hydroxylation sites is 2. The second kappa shape index (κ2) is 7.85. The van der Waals surface area contributed by atoms with E-state index in [2.05, 4.69) is 21.8 Å². The highest BCUT2D eigenvalue weighted by Gasteiger charge is 2.24. The highest BCUT2D eigenvalue weighted by Crippen LogP contribution is 2.34. The molecule has 0 amide bonds. The summed E-state index contributed by atoms with van der Waals surface area (Å²) in [4.78, 5) is 23.6. The number of phenols is 1. The van der Waals surface area contributed by atoms with Crippen LogP contribution in [-0.2, 0) is 13.0 Å². The molecule has 6 nitrogen and oxygen atoms in total. The standard InChI is InChI=1S/C25H27N3O3/c1-3-16-12-17-23(30)19(25-26-20-9-4-5-10-21(20)27-25)14-31-24(17)18(22(16)29)13-28-11-7-6-8-15(28)2/h4-5,9-10,12,14-15,29H,3,6-8,11,13H2,1-2H3,(H,26,27)/t15-/m0/s1. The molecule has 6 heteroatoms. The maximum Gasteiger partial charge on any atom is 0.203 e. The van der Waals surface area contributed by atoms with E-state index < -0.39 is 0 Å². The molecule has 2 N–H and O–H groups in total. The fourth-order valence-corrected chi connectivity index (χ4v) is 4.65. The minimum Gasteiger partial charge on any atom is -0.507 e. The fourth-order valence-electron chi connectivity index (χ4n) is 4.65. The highest BCUT2D eigenvalue weighted by atomic mass is 16.3. The second-order valence-electron chi connectivity index (χ2n) is 8.49. The smallest absolute Gasteiger partial charge is 0.203 e. The van der Waals surface area contributed by atoms with Crippen molar-refractivity contribution in [3.05, 3.63) is 57.9 Å². The van der Waals surface area contributed by atoms with Gasteiger partial charge >= 0.3 is 0 Å². The molecule has 2 aromatic carbocycles. The third-order valence-electron chi connectivity index (χ3n) is 6.54. The monoisotopic (exact) mass is 417 g/mol. The lowest BCUT2D eigenvalue weighted by Crippen LogP contribution is -2.36. The van der Waals surface area contributed by atoms with E-state index in [1.807, 2.05) is 31.2 Å². The number of piperidine rings is 1. The Kier molecular flexibility index (Phi) is 5.02. The average molecular weight is 418 g/mol. The average Bonchev–Trinajstić information content (AvgIpc) is 3.21. The summed E-state index contributed by atoms with van der Waals surface area (Å²) in [6.07, 6.45) is 5.63. The number of nitrogens with one attached hydrogen (secondary N) is 1. The number of H-pyrrole nitrogens is 1. The minimum absolute atomic E-state index is 0.136. The van der Waals surface area contributed by atoms with Gasteiger partial charge in [-0.3, -0.25) is 9.69 Å². The Morgan fingerprint density at radius 3 is 2.90 bits per heavy atom. The molecular formula is C25H27N3O3. The maximum atomic E-state index is 13.5. The van der Waals surface area contributed by atoms with Gasteiger partial charge in [0.15, 0.2) is 0 Å². The molecule has 0 saturated carbocycles. The van der Waals surface area contributed by atoms with Gasteiger partial charge in [0.25, 0.3) is 0 Å². The van der Waals surface area contributed by atoms with Crippen LogP contribution in [0.4, 0.5) is 0 Å². The number of fused-ring (bicyclic) bond motifs is 2. The first-order valence-corrected chi connectivity index (χ1v) is 11.0. The summed E-state index contributed by atoms with van der Waals surface area (Å²) in [5.74, 6) is 0.738. The number of nitrogens with zero attached hydrogens (tertiary/aromatic N) is 2. The third-order valence-corrected chi connectivity index (χ3v) is 6.54. The predicted octanol–water partition coefficient (Wildman–Crippen LogP) is 4.98. The van der Waals surface area contributed by atoms with Gasteiger partial charge in [0.05, 0.1) is 22.0 Å². The van der Waals surface area contributed by atoms with Gasteiger partial charge < -0.3 is 14.5 Å². The number of benzene rings is 2. The Hall–Kier alpha value is -3.12. The van der Waals surface area contributed by atoms with Crippen LogP contribution >= 0.6 is 0 Å². The maximum absolute atomic E-state index is 13.5. The molecule has 2 aromatic heterocycles. The molecule has 0 bridgehead atoms. The first-order valence-electron chi connectivity index (χ1n) is 11.0. The summed E-state index contributed by atoms with van der Waals surface area (Å²) in [5.41, 5.74) is 3.88. The Bertz CT molecular complexity index is 1290. The van der Waals surface area contributed by atoms with Gasteiger partial charge in [0.1, 0.15) is 29.0 Å². The molecule has 160 valence electrons. The van der Waals surface area contributed by atoms with E-state index in [4.69, 9.17) is 4.42 Å². The lowest BCUT2D eigenvalue weighted by Gasteiger charge is -2.33. The van der Waals surface area contributed by atoms with Gasteiger partial charge in [0.2, 0.25) is 5.43 Å². The number of hydrogen-bond donors (Lipinski definition) is 2. The van der Waals surface area contributed by atoms with E-state index in [0.29, 0.717) is 46.9 Å². The van der Waals surface area contributed by atoms with Crippen molar-refractivity contribution in [2.24, 2.45) is 0 Å². The molecule has 3 heterocycles. The summed E-state index contributed by atoms with van der Waals surface area (Å²) >= 11 is 0. The zero-order chi connectivity index (χ0) is 21.5. The normalized spacial score (nSPS) is 17.5. The van der Waals surface area contributed by atoms with Crippen LogP contribution in [0.15, 0.2) is 45.8 Å². The lowest BCUT2D eigenvalue weighted by molar-refractivity contribution is 0.151. The van der Waals surface area contributed by atoms with Crippen LogP contribution in [0.2, 0.25) is 0 Å². The van der Waals surface area contributed by atoms with Gasteiger partial charge in [-0.25, -0.2) is 4.98 Å². The van der Waals surface area contributed by atoms with E-state index >= 15 is 0 Å². The highest BCUT2D eigenvalue weighted by molar-refractivity contribution is 5.87. The van der Waals surface area contributed by atoms with Crippen LogP contribution in [0, 0.1) is 0 Å². The SMILES string of the molecule is CCc1cc2c(=O)c(-c3nc4ccccc4[nH]3)coc2c(CN2CCCC[C@@H]2C)c1O. The number of aryl methyl sites for hydroxylation is 1. The van der Waals surface area contributed by atoms with Gasteiger partial charge in [-0.2, -0.15) is 0 Å². The number of hydrogen-bond acceptors (Lipinski definition) is 5. The van der Waals surface area contributed by atoms with Crippen molar-refractivity contribution in [3.63, 3.8) is 0 Å². The first kappa shape index (κ1) is 19.8. The number of rotatable bonds is 4. The van der Waals surface area contributed by atoms with Gasteiger partial charge in [-0.15, -0.1) is 0 Å². The minimum atomic E-state index is -0.136. The number of aromatic amines is 1. The molecule has 1 atom stereocenters. The molecule has 0 radical (unpaired) electrons. The van der Waals surface area contributed by atoms with Crippen molar-refractivity contribution in [2.75, 3.05) is 6.54 Å². The molecule has 5 rings (SSSR count). The molecule has 0 unspecified atom stereocenters. The molecular weight excluding hydrogens is 390 g/mol. The van der Waals surface area contributed by atoms with Crippen LogP contribution in [-0.4, -0.2) is 32.6 Å². The van der Waals surface area contributed by atoms with Crippen LogP contribution in [0.1, 0.15) is 44.2 Å². The summed E-state index contributed by atoms with van der Waals surface area (Å²) in [5, 5.41) is 11.5. The predicted molar refractivity (Wildman–Crippen MR) is 122 cm³/mol. The van der Waals surface area contributed by atoms with Crippen molar-refractivity contribution in [1.29, 1.82) is 0 Å². The van der Waals surface area contributed by atoms with E-state index in [1.165, 1.54) is 12.7 Å². The van der Waals surface area contributed by atoms with Crippen molar-refractivity contribution in [3.8, 4) is 17.1 Å². The van der Waals surface area contributed by atoms with Gasteiger partial charge in [-0.05, 0) is 56.5 Å². The number of imidazole rings is 1. The summed E-state index contributed by atoms with van der Waals surface area (Å²) in [7, 11) is 0. The second-order valence-corrected chi connectivity index (χ2v) is 8.49. The van der Waals surface area contributed by atoms with Crippen LogP contribution in [0.5, 0.6) is 5.75 Å². The topological polar surface area (TPSA) is 82.4 Å². The number of aromatic hydroxyl groups is 1. The lowest BCUT2D eigenvalue weighted by atomic mass is 9.98. The zero-order valence-electron chi connectivity index (χ0n) is 17.9. The van der Waals surface area contributed by atoms with Gasteiger partial charge in [-0.1, -0.05) is 25.5 Å². The summed E-state index contributed by atoms with van der Waals surface area (Å²) < 4.78 is 6.02. The van der Waals surface area contributed by atoms with E-state index in [9.17, 15) is 9.90 Å². The van der Waals surface area contributed by atoms with E-state index in [1.54, 1.807) is 6.07 Å². The quantitative estimate of drug-likeness (QED) is 0.489. The Balaban J connectivity index is 1.66. The summed E-state index contributed by atoms with van der Waals surface area (Å²) in [6, 6.07) is 9.89. The van der Waals surface area contributed by atoms with Crippen LogP contribution in [0.25, 0.3) is 33.4 Å². The van der Waals surface area contributed by atoms with E-state index in [0.717, 1.165) is 36.0 Å². The number of likely N-dealkylation sites (tertiary alicyclic amines) is 1.